The molecule has 0 radical (unpaired) electrons. The second-order valence-corrected chi connectivity index (χ2v) is 4.89. The molecule has 112 valence electrons. The zero-order valence-electron chi connectivity index (χ0n) is 11.8. The molecule has 0 amide bonds. The maximum absolute atomic E-state index is 5.61. The summed E-state index contributed by atoms with van der Waals surface area (Å²) >= 11 is 0. The molecule has 1 aliphatic rings. The molecule has 0 unspecified atom stereocenters. The van der Waals surface area contributed by atoms with Crippen LogP contribution in [0, 0.1) is 0 Å². The highest BCUT2D eigenvalue weighted by Gasteiger charge is 2.15. The average Bonchev–Trinajstić information content (AvgIpc) is 3.27. The summed E-state index contributed by atoms with van der Waals surface area (Å²) in [7, 11) is 0. The number of aromatic nitrogens is 3. The van der Waals surface area contributed by atoms with Gasteiger partial charge in [0.1, 0.15) is 5.82 Å². The Labute approximate surface area is 126 Å². The summed E-state index contributed by atoms with van der Waals surface area (Å²) in [6.45, 7) is 3.18. The minimum atomic E-state index is 0.359. The zero-order valence-corrected chi connectivity index (χ0v) is 11.8. The van der Waals surface area contributed by atoms with E-state index in [4.69, 9.17) is 13.6 Å². The van der Waals surface area contributed by atoms with E-state index in [2.05, 4.69) is 20.1 Å². The summed E-state index contributed by atoms with van der Waals surface area (Å²) in [5, 5.41) is 8.02. The third-order valence-corrected chi connectivity index (χ3v) is 3.49. The van der Waals surface area contributed by atoms with Crippen LogP contribution in [0.25, 0.3) is 23.1 Å². The Morgan fingerprint density at radius 1 is 1.00 bits per heavy atom. The largest absolute Gasteiger partial charge is 0.459 e. The molecule has 1 fully saturated rings. The molecular weight excluding hydrogens is 284 g/mol. The van der Waals surface area contributed by atoms with Crippen molar-refractivity contribution in [3.8, 4) is 23.1 Å². The predicted molar refractivity (Wildman–Crippen MR) is 78.3 cm³/mol. The number of nitrogens with zero attached hydrogens (tertiary/aromatic N) is 4. The monoisotopic (exact) mass is 298 g/mol. The van der Waals surface area contributed by atoms with E-state index in [0.717, 1.165) is 37.7 Å². The van der Waals surface area contributed by atoms with Crippen LogP contribution in [0.3, 0.4) is 0 Å². The van der Waals surface area contributed by atoms with Gasteiger partial charge in [0.05, 0.1) is 25.0 Å². The highest BCUT2D eigenvalue weighted by Crippen LogP contribution is 2.24. The second kappa shape index (κ2) is 5.61. The summed E-state index contributed by atoms with van der Waals surface area (Å²) in [6.07, 6.45) is 3.31. The van der Waals surface area contributed by atoms with Crippen molar-refractivity contribution in [1.29, 1.82) is 0 Å². The summed E-state index contributed by atoms with van der Waals surface area (Å²) < 4.78 is 16.2. The first kappa shape index (κ1) is 13.0. The van der Waals surface area contributed by atoms with Crippen molar-refractivity contribution in [2.24, 2.45) is 0 Å². The Balaban J connectivity index is 1.55. The standard InChI is InChI=1S/C15H14N4O3/c1-2-12(21-7-1)15-18-17-14(22-15)11-3-4-13(16-10-11)19-5-8-20-9-6-19/h1-4,7,10H,5-6,8-9H2. The maximum atomic E-state index is 5.61. The number of hydrogen-bond acceptors (Lipinski definition) is 7. The Hall–Kier alpha value is -2.67. The van der Waals surface area contributed by atoms with Gasteiger partial charge in [0, 0.05) is 19.3 Å². The summed E-state index contributed by atoms with van der Waals surface area (Å²) in [5.74, 6) is 2.26. The van der Waals surface area contributed by atoms with Crippen molar-refractivity contribution in [2.45, 2.75) is 0 Å². The van der Waals surface area contributed by atoms with Crippen LogP contribution in [0.5, 0.6) is 0 Å². The molecule has 4 heterocycles. The molecule has 0 aromatic carbocycles. The van der Waals surface area contributed by atoms with E-state index in [-0.39, 0.29) is 0 Å². The van der Waals surface area contributed by atoms with E-state index in [9.17, 15) is 0 Å². The van der Waals surface area contributed by atoms with Crippen LogP contribution in [-0.4, -0.2) is 41.5 Å². The number of anilines is 1. The van der Waals surface area contributed by atoms with Gasteiger partial charge in [0.15, 0.2) is 5.76 Å². The molecule has 1 aliphatic heterocycles. The van der Waals surface area contributed by atoms with Crippen LogP contribution in [0.4, 0.5) is 5.82 Å². The molecule has 0 spiro atoms. The van der Waals surface area contributed by atoms with Gasteiger partial charge in [-0.2, -0.15) is 0 Å². The van der Waals surface area contributed by atoms with Gasteiger partial charge in [-0.25, -0.2) is 4.98 Å². The molecular formula is C15H14N4O3. The lowest BCUT2D eigenvalue weighted by Gasteiger charge is -2.27. The normalized spacial score (nSPS) is 15.2. The van der Waals surface area contributed by atoms with Crippen molar-refractivity contribution in [2.75, 3.05) is 31.2 Å². The highest BCUT2D eigenvalue weighted by molar-refractivity contribution is 5.56. The molecule has 4 rings (SSSR count). The van der Waals surface area contributed by atoms with Crippen LogP contribution in [0.15, 0.2) is 45.6 Å². The number of ether oxygens (including phenoxy) is 1. The molecule has 0 N–H and O–H groups in total. The molecule has 0 bridgehead atoms. The van der Waals surface area contributed by atoms with Crippen molar-refractivity contribution in [3.63, 3.8) is 0 Å². The third-order valence-electron chi connectivity index (χ3n) is 3.49. The van der Waals surface area contributed by atoms with Gasteiger partial charge < -0.3 is 18.5 Å². The van der Waals surface area contributed by atoms with E-state index >= 15 is 0 Å². The fraction of sp³-hybridized carbons (Fsp3) is 0.267. The van der Waals surface area contributed by atoms with Crippen LogP contribution in [0.2, 0.25) is 0 Å². The molecule has 1 saturated heterocycles. The molecule has 22 heavy (non-hydrogen) atoms. The average molecular weight is 298 g/mol. The van der Waals surface area contributed by atoms with Gasteiger partial charge >= 0.3 is 0 Å². The minimum Gasteiger partial charge on any atom is -0.459 e. The number of pyridine rings is 1. The second-order valence-electron chi connectivity index (χ2n) is 4.89. The lowest BCUT2D eigenvalue weighted by Crippen LogP contribution is -2.36. The Kier molecular flexibility index (Phi) is 3.32. The van der Waals surface area contributed by atoms with E-state index in [1.54, 1.807) is 24.6 Å². The maximum Gasteiger partial charge on any atom is 0.283 e. The SMILES string of the molecule is c1coc(-c2nnc(-c3ccc(N4CCOCC4)nc3)o2)c1. The minimum absolute atomic E-state index is 0.359. The zero-order chi connectivity index (χ0) is 14.8. The summed E-state index contributed by atoms with van der Waals surface area (Å²) in [5.41, 5.74) is 0.780. The molecule has 0 aliphatic carbocycles. The van der Waals surface area contributed by atoms with Crippen molar-refractivity contribution < 1.29 is 13.6 Å². The van der Waals surface area contributed by atoms with Gasteiger partial charge in [-0.3, -0.25) is 0 Å². The lowest BCUT2D eigenvalue weighted by atomic mass is 10.2. The predicted octanol–water partition coefficient (Wildman–Crippen LogP) is 2.23. The molecule has 0 atom stereocenters. The van der Waals surface area contributed by atoms with Gasteiger partial charge in [-0.15, -0.1) is 10.2 Å². The highest BCUT2D eigenvalue weighted by atomic mass is 16.5. The van der Waals surface area contributed by atoms with Crippen molar-refractivity contribution in [1.82, 2.24) is 15.2 Å². The first-order chi connectivity index (χ1) is 10.9. The Morgan fingerprint density at radius 2 is 1.86 bits per heavy atom. The molecule has 7 nitrogen and oxygen atoms in total. The molecule has 3 aromatic heterocycles. The van der Waals surface area contributed by atoms with Gasteiger partial charge in [0.25, 0.3) is 5.89 Å². The fourth-order valence-electron chi connectivity index (χ4n) is 2.33. The molecule has 7 heteroatoms. The van der Waals surface area contributed by atoms with Crippen LogP contribution in [-0.2, 0) is 4.74 Å². The number of furan rings is 1. The van der Waals surface area contributed by atoms with E-state index < -0.39 is 0 Å². The first-order valence-electron chi connectivity index (χ1n) is 7.07. The quantitative estimate of drug-likeness (QED) is 0.733. The molecule has 0 saturated carbocycles. The summed E-state index contributed by atoms with van der Waals surface area (Å²) in [4.78, 5) is 6.66. The number of hydrogen-bond donors (Lipinski definition) is 0. The molecule has 3 aromatic rings. The summed E-state index contributed by atoms with van der Waals surface area (Å²) in [6, 6.07) is 7.43. The first-order valence-corrected chi connectivity index (χ1v) is 7.07. The van der Waals surface area contributed by atoms with E-state index in [1.807, 2.05) is 12.1 Å². The van der Waals surface area contributed by atoms with Crippen LogP contribution >= 0.6 is 0 Å². The number of rotatable bonds is 3. The van der Waals surface area contributed by atoms with E-state index in [0.29, 0.717) is 17.5 Å². The lowest BCUT2D eigenvalue weighted by molar-refractivity contribution is 0.122. The topological polar surface area (TPSA) is 77.4 Å². The van der Waals surface area contributed by atoms with Crippen LogP contribution < -0.4 is 4.90 Å². The Morgan fingerprint density at radius 3 is 2.59 bits per heavy atom. The smallest absolute Gasteiger partial charge is 0.283 e. The number of morpholine rings is 1. The van der Waals surface area contributed by atoms with E-state index in [1.165, 1.54) is 0 Å². The fourth-order valence-corrected chi connectivity index (χ4v) is 2.33. The van der Waals surface area contributed by atoms with Crippen LogP contribution in [0.1, 0.15) is 0 Å². The van der Waals surface area contributed by atoms with Crippen molar-refractivity contribution >= 4 is 5.82 Å². The third kappa shape index (κ3) is 2.46. The van der Waals surface area contributed by atoms with Gasteiger partial charge in [-0.1, -0.05) is 0 Å². The van der Waals surface area contributed by atoms with Gasteiger partial charge in [-0.05, 0) is 24.3 Å². The van der Waals surface area contributed by atoms with Gasteiger partial charge in [0.2, 0.25) is 5.89 Å². The Bertz CT molecular complexity index is 731. The van der Waals surface area contributed by atoms with Crippen molar-refractivity contribution in [3.05, 3.63) is 36.7 Å².